The molecule has 1 N–H and O–H groups in total. The molecule has 1 fully saturated rings. The maximum atomic E-state index is 12.9. The Morgan fingerprint density at radius 2 is 1.56 bits per heavy atom. The van der Waals surface area contributed by atoms with Gasteiger partial charge in [0, 0.05) is 36.8 Å². The maximum absolute atomic E-state index is 12.9. The van der Waals surface area contributed by atoms with E-state index >= 15 is 0 Å². The normalized spacial score (nSPS) is 15.4. The van der Waals surface area contributed by atoms with Crippen LogP contribution < -0.4 is 15.8 Å². The van der Waals surface area contributed by atoms with Gasteiger partial charge in [-0.3, -0.25) is 9.59 Å². The quantitative estimate of drug-likeness (QED) is 0.436. The monoisotopic (exact) mass is 480 g/mol. The number of carbonyl (C=O) groups is 1. The zero-order valence-electron chi connectivity index (χ0n) is 20.0. The highest BCUT2D eigenvalue weighted by Gasteiger charge is 2.26. The Morgan fingerprint density at radius 3 is 2.25 bits per heavy atom. The fraction of sp³-hybridized carbons (Fsp3) is 0.250. The molecule has 2 aromatic heterocycles. The minimum atomic E-state index is -0.190. The first-order valence-corrected chi connectivity index (χ1v) is 12.2. The fourth-order valence-electron chi connectivity index (χ4n) is 4.46. The fourth-order valence-corrected chi connectivity index (χ4v) is 4.46. The van der Waals surface area contributed by atoms with Crippen LogP contribution in [0.2, 0.25) is 0 Å². The number of benzene rings is 2. The van der Waals surface area contributed by atoms with E-state index in [1.807, 2.05) is 72.8 Å². The molecule has 1 aliphatic rings. The number of hydrogen-bond donors (Lipinski definition) is 1. The van der Waals surface area contributed by atoms with Gasteiger partial charge in [-0.25, -0.2) is 4.68 Å². The van der Waals surface area contributed by atoms with Crippen LogP contribution in [0.25, 0.3) is 22.5 Å². The summed E-state index contributed by atoms with van der Waals surface area (Å²) in [7, 11) is 0. The summed E-state index contributed by atoms with van der Waals surface area (Å²) in [6.45, 7) is 2.09. The summed E-state index contributed by atoms with van der Waals surface area (Å²) in [6.07, 6.45) is 1.72. The van der Waals surface area contributed by atoms with Gasteiger partial charge in [-0.1, -0.05) is 60.7 Å². The Kier molecular flexibility index (Phi) is 7.12. The second kappa shape index (κ2) is 10.9. The summed E-state index contributed by atoms with van der Waals surface area (Å²) in [4.78, 5) is 27.3. The van der Waals surface area contributed by atoms with Gasteiger partial charge in [0.1, 0.15) is 0 Å². The zero-order valence-corrected chi connectivity index (χ0v) is 20.0. The van der Waals surface area contributed by atoms with E-state index in [4.69, 9.17) is 0 Å². The van der Waals surface area contributed by atoms with Gasteiger partial charge in [-0.05, 0) is 31.0 Å². The molecule has 0 bridgehead atoms. The van der Waals surface area contributed by atoms with E-state index in [9.17, 15) is 9.59 Å². The molecule has 8 heteroatoms. The molecule has 1 atom stereocenters. The highest BCUT2D eigenvalue weighted by Crippen LogP contribution is 2.23. The second-order valence-electron chi connectivity index (χ2n) is 8.86. The first-order chi connectivity index (χ1) is 17.7. The van der Waals surface area contributed by atoms with Gasteiger partial charge in [-0.2, -0.15) is 5.10 Å². The van der Waals surface area contributed by atoms with E-state index in [-0.39, 0.29) is 17.4 Å². The topological polar surface area (TPSA) is 93.0 Å². The van der Waals surface area contributed by atoms with Crippen LogP contribution in [0.15, 0.2) is 89.7 Å². The number of rotatable bonds is 7. The molecule has 182 valence electrons. The number of amides is 1. The summed E-state index contributed by atoms with van der Waals surface area (Å²) in [5.74, 6) is 0.621. The van der Waals surface area contributed by atoms with Crippen LogP contribution in [0.3, 0.4) is 0 Å². The lowest BCUT2D eigenvalue weighted by Gasteiger charge is -2.32. The van der Waals surface area contributed by atoms with Gasteiger partial charge >= 0.3 is 0 Å². The summed E-state index contributed by atoms with van der Waals surface area (Å²) >= 11 is 0. The number of carbonyl (C=O) groups excluding carboxylic acids is 1. The molecule has 1 saturated heterocycles. The number of anilines is 1. The third-order valence-electron chi connectivity index (χ3n) is 6.40. The summed E-state index contributed by atoms with van der Waals surface area (Å²) in [6, 6.07) is 26.8. The van der Waals surface area contributed by atoms with Crippen molar-refractivity contribution in [1.82, 2.24) is 25.3 Å². The molecule has 0 radical (unpaired) electrons. The molecular weight excluding hydrogens is 452 g/mol. The van der Waals surface area contributed by atoms with Gasteiger partial charge in [0.15, 0.2) is 5.82 Å². The van der Waals surface area contributed by atoms with Crippen molar-refractivity contribution >= 4 is 11.7 Å². The lowest BCUT2D eigenvalue weighted by molar-refractivity contribution is -0.125. The molecule has 1 aliphatic heterocycles. The van der Waals surface area contributed by atoms with Crippen molar-refractivity contribution in [2.24, 2.45) is 5.92 Å². The Labute approximate surface area is 209 Å². The van der Waals surface area contributed by atoms with Crippen molar-refractivity contribution in [2.75, 3.05) is 24.5 Å². The van der Waals surface area contributed by atoms with Gasteiger partial charge in [0.2, 0.25) is 5.91 Å². The molecule has 1 amide bonds. The smallest absolute Gasteiger partial charge is 0.266 e. The highest BCUT2D eigenvalue weighted by atomic mass is 16.2. The van der Waals surface area contributed by atoms with E-state index in [0.29, 0.717) is 19.6 Å². The van der Waals surface area contributed by atoms with Crippen LogP contribution in [0, 0.1) is 5.92 Å². The van der Waals surface area contributed by atoms with Crippen molar-refractivity contribution in [2.45, 2.75) is 19.4 Å². The lowest BCUT2D eigenvalue weighted by atomic mass is 9.97. The van der Waals surface area contributed by atoms with E-state index in [0.717, 1.165) is 47.7 Å². The Bertz CT molecular complexity index is 1360. The number of nitrogens with zero attached hydrogens (tertiary/aromatic N) is 5. The van der Waals surface area contributed by atoms with E-state index in [1.54, 1.807) is 6.07 Å². The number of piperidine rings is 1. The Morgan fingerprint density at radius 1 is 0.861 bits per heavy atom. The number of nitrogens with one attached hydrogen (secondary N) is 1. The van der Waals surface area contributed by atoms with Gasteiger partial charge in [0.05, 0.1) is 23.9 Å². The van der Waals surface area contributed by atoms with Crippen molar-refractivity contribution < 1.29 is 4.79 Å². The molecule has 4 aromatic rings. The Balaban J connectivity index is 1.17. The van der Waals surface area contributed by atoms with Crippen molar-refractivity contribution in [3.63, 3.8) is 0 Å². The zero-order chi connectivity index (χ0) is 24.7. The van der Waals surface area contributed by atoms with Gasteiger partial charge in [0.25, 0.3) is 5.56 Å². The highest BCUT2D eigenvalue weighted by molar-refractivity contribution is 5.79. The van der Waals surface area contributed by atoms with E-state index < -0.39 is 0 Å². The molecule has 0 aliphatic carbocycles. The van der Waals surface area contributed by atoms with Gasteiger partial charge < -0.3 is 10.2 Å². The summed E-state index contributed by atoms with van der Waals surface area (Å²) in [5.41, 5.74) is 3.33. The van der Waals surface area contributed by atoms with Crippen LogP contribution in [0.1, 0.15) is 12.8 Å². The van der Waals surface area contributed by atoms with Crippen LogP contribution in [-0.2, 0) is 11.3 Å². The molecule has 2 aromatic carbocycles. The number of aromatic nitrogens is 4. The molecule has 3 heterocycles. The standard InChI is InChI=1S/C28H28N6O2/c35-27-16-14-25(22-10-5-2-6-11-22)32-34(27)19-17-29-28(36)23-12-7-18-33(20-23)26-15-13-24(30-31-26)21-8-3-1-4-9-21/h1-6,8-11,13-16,23H,7,12,17-20H2,(H,29,36). The van der Waals surface area contributed by atoms with Crippen molar-refractivity contribution in [3.8, 4) is 22.5 Å². The van der Waals surface area contributed by atoms with Crippen LogP contribution in [0.4, 0.5) is 5.82 Å². The predicted molar refractivity (Wildman–Crippen MR) is 139 cm³/mol. The second-order valence-corrected chi connectivity index (χ2v) is 8.86. The van der Waals surface area contributed by atoms with Crippen LogP contribution in [0.5, 0.6) is 0 Å². The third kappa shape index (κ3) is 5.49. The molecule has 1 unspecified atom stereocenters. The van der Waals surface area contributed by atoms with E-state index in [2.05, 4.69) is 25.5 Å². The Hall–Kier alpha value is -4.33. The van der Waals surface area contributed by atoms with E-state index in [1.165, 1.54) is 10.7 Å². The minimum absolute atomic E-state index is 0.0131. The summed E-state index contributed by atoms with van der Waals surface area (Å²) in [5, 5.41) is 16.2. The first-order valence-electron chi connectivity index (χ1n) is 12.2. The van der Waals surface area contributed by atoms with Crippen molar-refractivity contribution in [1.29, 1.82) is 0 Å². The van der Waals surface area contributed by atoms with Crippen LogP contribution in [-0.4, -0.2) is 45.5 Å². The molecular formula is C28H28N6O2. The number of hydrogen-bond acceptors (Lipinski definition) is 6. The molecule has 5 rings (SSSR count). The first kappa shape index (κ1) is 23.4. The van der Waals surface area contributed by atoms with Crippen molar-refractivity contribution in [3.05, 3.63) is 95.3 Å². The molecule has 0 spiro atoms. The minimum Gasteiger partial charge on any atom is -0.354 e. The SMILES string of the molecule is O=C(NCCn1nc(-c2ccccc2)ccc1=O)C1CCCN(c2ccc(-c3ccccc3)nn2)C1. The molecule has 8 nitrogen and oxygen atoms in total. The molecule has 36 heavy (non-hydrogen) atoms. The maximum Gasteiger partial charge on any atom is 0.266 e. The van der Waals surface area contributed by atoms with Gasteiger partial charge in [-0.15, -0.1) is 10.2 Å². The summed E-state index contributed by atoms with van der Waals surface area (Å²) < 4.78 is 1.40. The molecule has 0 saturated carbocycles. The van der Waals surface area contributed by atoms with Crippen LogP contribution >= 0.6 is 0 Å². The predicted octanol–water partition coefficient (Wildman–Crippen LogP) is 3.40. The largest absolute Gasteiger partial charge is 0.354 e. The third-order valence-corrected chi connectivity index (χ3v) is 6.40. The average Bonchev–Trinajstić information content (AvgIpc) is 2.95. The average molecular weight is 481 g/mol. The lowest BCUT2D eigenvalue weighted by Crippen LogP contribution is -2.44.